The average Bonchev–Trinajstić information content (AvgIpc) is 2.39. The van der Waals surface area contributed by atoms with Crippen molar-refractivity contribution in [2.24, 2.45) is 0 Å². The summed E-state index contributed by atoms with van der Waals surface area (Å²) < 4.78 is 5.69. The van der Waals surface area contributed by atoms with Crippen LogP contribution in [0.1, 0.15) is 23.7 Å². The summed E-state index contributed by atoms with van der Waals surface area (Å²) in [6, 6.07) is 8.11. The van der Waals surface area contributed by atoms with Gasteiger partial charge in [-0.2, -0.15) is 0 Å². The zero-order valence-corrected chi connectivity index (χ0v) is 10.6. The van der Waals surface area contributed by atoms with Crippen molar-refractivity contribution < 1.29 is 14.6 Å². The van der Waals surface area contributed by atoms with Gasteiger partial charge in [0.1, 0.15) is 0 Å². The fraction of sp³-hybridized carbons (Fsp3) is 0.500. The van der Waals surface area contributed by atoms with Crippen LogP contribution in [0.25, 0.3) is 0 Å². The van der Waals surface area contributed by atoms with Crippen molar-refractivity contribution in [3.05, 3.63) is 35.4 Å². The van der Waals surface area contributed by atoms with E-state index in [0.29, 0.717) is 19.6 Å². The summed E-state index contributed by atoms with van der Waals surface area (Å²) in [5.41, 5.74) is 2.39. The van der Waals surface area contributed by atoms with Crippen molar-refractivity contribution in [2.75, 3.05) is 26.8 Å². The zero-order chi connectivity index (χ0) is 13.0. The molecule has 1 heterocycles. The Kier molecular flexibility index (Phi) is 4.33. The SMILES string of the molecule is CN(CCO)C(=O)CC1OCCc2ccccc21. The number of rotatable bonds is 4. The molecule has 0 saturated heterocycles. The molecule has 1 atom stereocenters. The minimum atomic E-state index is -0.149. The van der Waals surface area contributed by atoms with Gasteiger partial charge >= 0.3 is 0 Å². The van der Waals surface area contributed by atoms with Crippen molar-refractivity contribution in [1.29, 1.82) is 0 Å². The molecule has 1 aliphatic heterocycles. The minimum Gasteiger partial charge on any atom is -0.395 e. The molecule has 0 radical (unpaired) electrons. The molecular formula is C14H19NO3. The van der Waals surface area contributed by atoms with E-state index in [0.717, 1.165) is 12.0 Å². The van der Waals surface area contributed by atoms with Crippen LogP contribution in [0, 0.1) is 0 Å². The maximum absolute atomic E-state index is 11.9. The molecule has 1 unspecified atom stereocenters. The second-order valence-electron chi connectivity index (χ2n) is 4.55. The summed E-state index contributed by atoms with van der Waals surface area (Å²) in [6.07, 6.45) is 1.10. The molecule has 98 valence electrons. The summed E-state index contributed by atoms with van der Waals surface area (Å²) in [4.78, 5) is 13.5. The molecule has 2 rings (SSSR count). The lowest BCUT2D eigenvalue weighted by atomic mass is 9.95. The monoisotopic (exact) mass is 249 g/mol. The van der Waals surface area contributed by atoms with E-state index in [2.05, 4.69) is 6.07 Å². The molecule has 1 amide bonds. The van der Waals surface area contributed by atoms with Crippen LogP contribution < -0.4 is 0 Å². The smallest absolute Gasteiger partial charge is 0.225 e. The zero-order valence-electron chi connectivity index (χ0n) is 10.6. The maximum atomic E-state index is 11.9. The Bertz CT molecular complexity index is 419. The number of ether oxygens (including phenoxy) is 1. The molecule has 1 aromatic rings. The van der Waals surface area contributed by atoms with E-state index in [-0.39, 0.29) is 18.6 Å². The second-order valence-corrected chi connectivity index (χ2v) is 4.55. The van der Waals surface area contributed by atoms with Crippen LogP contribution >= 0.6 is 0 Å². The van der Waals surface area contributed by atoms with E-state index in [9.17, 15) is 4.79 Å². The molecule has 0 spiro atoms. The number of nitrogens with zero attached hydrogens (tertiary/aromatic N) is 1. The van der Waals surface area contributed by atoms with Gasteiger partial charge < -0.3 is 14.7 Å². The summed E-state index contributed by atoms with van der Waals surface area (Å²) in [5.74, 6) is 0.00533. The Labute approximate surface area is 107 Å². The van der Waals surface area contributed by atoms with Crippen LogP contribution in [0.3, 0.4) is 0 Å². The molecule has 0 aromatic heterocycles. The number of fused-ring (bicyclic) bond motifs is 1. The van der Waals surface area contributed by atoms with Gasteiger partial charge in [-0.1, -0.05) is 24.3 Å². The van der Waals surface area contributed by atoms with Crippen LogP contribution in [0.2, 0.25) is 0 Å². The highest BCUT2D eigenvalue weighted by molar-refractivity contribution is 5.76. The van der Waals surface area contributed by atoms with Gasteiger partial charge in [0.15, 0.2) is 0 Å². The number of aliphatic hydroxyl groups is 1. The van der Waals surface area contributed by atoms with Gasteiger partial charge in [0.25, 0.3) is 0 Å². The number of hydrogen-bond donors (Lipinski definition) is 1. The van der Waals surface area contributed by atoms with E-state index in [1.807, 2.05) is 18.2 Å². The fourth-order valence-electron chi connectivity index (χ4n) is 2.23. The van der Waals surface area contributed by atoms with Crippen LogP contribution in [0.4, 0.5) is 0 Å². The number of likely N-dealkylation sites (N-methyl/N-ethyl adjacent to an activating group) is 1. The van der Waals surface area contributed by atoms with Gasteiger partial charge in [0.2, 0.25) is 5.91 Å². The van der Waals surface area contributed by atoms with Gasteiger partial charge in [0, 0.05) is 13.6 Å². The summed E-state index contributed by atoms with van der Waals surface area (Å²) in [6.45, 7) is 1.02. The molecule has 0 bridgehead atoms. The van der Waals surface area contributed by atoms with Crippen molar-refractivity contribution in [2.45, 2.75) is 18.9 Å². The van der Waals surface area contributed by atoms with Gasteiger partial charge in [-0.05, 0) is 17.5 Å². The predicted octanol–water partition coefficient (Wildman–Crippen LogP) is 1.14. The van der Waals surface area contributed by atoms with Crippen LogP contribution in [0.5, 0.6) is 0 Å². The third-order valence-corrected chi connectivity index (χ3v) is 3.31. The van der Waals surface area contributed by atoms with E-state index >= 15 is 0 Å². The highest BCUT2D eigenvalue weighted by atomic mass is 16.5. The standard InChI is InChI=1S/C14H19NO3/c1-15(7-8-16)14(17)10-13-12-5-3-2-4-11(12)6-9-18-13/h2-5,13,16H,6-10H2,1H3. The van der Waals surface area contributed by atoms with Crippen molar-refractivity contribution >= 4 is 5.91 Å². The van der Waals surface area contributed by atoms with Crippen molar-refractivity contribution in [1.82, 2.24) is 4.90 Å². The molecule has 4 nitrogen and oxygen atoms in total. The Hall–Kier alpha value is -1.39. The van der Waals surface area contributed by atoms with Gasteiger partial charge in [0.05, 0.1) is 25.7 Å². The molecule has 1 N–H and O–H groups in total. The summed E-state index contributed by atoms with van der Waals surface area (Å²) in [5, 5.41) is 8.82. The van der Waals surface area contributed by atoms with Gasteiger partial charge in [-0.15, -0.1) is 0 Å². The number of carbonyl (C=O) groups excluding carboxylic acids is 1. The van der Waals surface area contributed by atoms with Crippen LogP contribution in [0.15, 0.2) is 24.3 Å². The van der Waals surface area contributed by atoms with Crippen molar-refractivity contribution in [3.63, 3.8) is 0 Å². The highest BCUT2D eigenvalue weighted by Crippen LogP contribution is 2.29. The number of benzene rings is 1. The summed E-state index contributed by atoms with van der Waals surface area (Å²) >= 11 is 0. The Morgan fingerprint density at radius 2 is 2.28 bits per heavy atom. The largest absolute Gasteiger partial charge is 0.395 e. The third kappa shape index (κ3) is 2.89. The Morgan fingerprint density at radius 1 is 1.50 bits per heavy atom. The lowest BCUT2D eigenvalue weighted by Gasteiger charge is -2.27. The highest BCUT2D eigenvalue weighted by Gasteiger charge is 2.24. The first-order valence-corrected chi connectivity index (χ1v) is 6.26. The van der Waals surface area contributed by atoms with E-state index in [4.69, 9.17) is 9.84 Å². The predicted molar refractivity (Wildman–Crippen MR) is 68.2 cm³/mol. The van der Waals surface area contributed by atoms with E-state index < -0.39 is 0 Å². The lowest BCUT2D eigenvalue weighted by molar-refractivity contribution is -0.133. The van der Waals surface area contributed by atoms with Gasteiger partial charge in [-0.25, -0.2) is 0 Å². The van der Waals surface area contributed by atoms with E-state index in [1.165, 1.54) is 5.56 Å². The van der Waals surface area contributed by atoms with E-state index in [1.54, 1.807) is 11.9 Å². The normalized spacial score (nSPS) is 18.2. The van der Waals surface area contributed by atoms with Crippen LogP contribution in [-0.4, -0.2) is 42.7 Å². The molecule has 1 aromatic carbocycles. The summed E-state index contributed by atoms with van der Waals surface area (Å²) in [7, 11) is 1.70. The topological polar surface area (TPSA) is 49.8 Å². The number of aliphatic hydroxyl groups excluding tert-OH is 1. The first-order chi connectivity index (χ1) is 8.72. The maximum Gasteiger partial charge on any atom is 0.225 e. The molecular weight excluding hydrogens is 230 g/mol. The van der Waals surface area contributed by atoms with Gasteiger partial charge in [-0.3, -0.25) is 4.79 Å². The number of hydrogen-bond acceptors (Lipinski definition) is 3. The molecule has 0 fully saturated rings. The number of carbonyl (C=O) groups is 1. The lowest BCUT2D eigenvalue weighted by Crippen LogP contribution is -2.32. The Morgan fingerprint density at radius 3 is 3.06 bits per heavy atom. The third-order valence-electron chi connectivity index (χ3n) is 3.31. The minimum absolute atomic E-state index is 0.00533. The number of amides is 1. The van der Waals surface area contributed by atoms with Crippen LogP contribution in [-0.2, 0) is 16.0 Å². The second kappa shape index (κ2) is 5.98. The first-order valence-electron chi connectivity index (χ1n) is 6.26. The fourth-order valence-corrected chi connectivity index (χ4v) is 2.23. The Balaban J connectivity index is 2.05. The molecule has 0 aliphatic carbocycles. The molecule has 18 heavy (non-hydrogen) atoms. The average molecular weight is 249 g/mol. The molecule has 1 aliphatic rings. The molecule has 4 heteroatoms. The molecule has 0 saturated carbocycles. The first kappa shape index (κ1) is 13.1. The quantitative estimate of drug-likeness (QED) is 0.870. The van der Waals surface area contributed by atoms with Crippen molar-refractivity contribution in [3.8, 4) is 0 Å².